The van der Waals surface area contributed by atoms with Gasteiger partial charge in [0.05, 0.1) is 6.10 Å². The molecule has 3 nitrogen and oxygen atoms in total. The topological polar surface area (TPSA) is 35.0 Å². The van der Waals surface area contributed by atoms with Crippen molar-refractivity contribution in [2.24, 2.45) is 0 Å². The number of halogens is 1. The summed E-state index contributed by atoms with van der Waals surface area (Å²) in [5.74, 6) is 0. The van der Waals surface area contributed by atoms with E-state index in [0.717, 1.165) is 12.0 Å². The van der Waals surface area contributed by atoms with Crippen LogP contribution in [0.3, 0.4) is 0 Å². The van der Waals surface area contributed by atoms with Crippen molar-refractivity contribution >= 4 is 0 Å². The molecule has 0 aliphatic rings. The maximum absolute atomic E-state index is 12.4. The van der Waals surface area contributed by atoms with Gasteiger partial charge in [0.1, 0.15) is 0 Å². The Bertz CT molecular complexity index is 250. The minimum absolute atomic E-state index is 0.0226. The van der Waals surface area contributed by atoms with E-state index in [4.69, 9.17) is 4.74 Å². The van der Waals surface area contributed by atoms with Crippen LogP contribution < -0.4 is 0 Å². The van der Waals surface area contributed by atoms with Gasteiger partial charge < -0.3 is 4.74 Å². The lowest BCUT2D eigenvalue weighted by atomic mass is 10.1. The number of ether oxygens (including phenoxy) is 1. The molecule has 0 fully saturated rings. The van der Waals surface area contributed by atoms with Crippen LogP contribution in [-0.2, 0) is 4.74 Å². The molecule has 1 aromatic rings. The number of hydrogen-bond donors (Lipinski definition) is 0. The summed E-state index contributed by atoms with van der Waals surface area (Å²) < 4.78 is 17.8. The highest BCUT2D eigenvalue weighted by atomic mass is 19.1. The Morgan fingerprint density at radius 3 is 2.46 bits per heavy atom. The van der Waals surface area contributed by atoms with Crippen molar-refractivity contribution in [3.05, 3.63) is 24.0 Å². The molecule has 13 heavy (non-hydrogen) atoms. The summed E-state index contributed by atoms with van der Waals surface area (Å²) in [5, 5.41) is 0. The molecule has 1 heterocycles. The molecule has 72 valence electrons. The van der Waals surface area contributed by atoms with E-state index in [1.165, 1.54) is 12.4 Å². The highest BCUT2D eigenvalue weighted by molar-refractivity contribution is 5.06. The molecule has 4 heteroatoms. The zero-order chi connectivity index (χ0) is 9.68. The Balaban J connectivity index is 2.73. The van der Waals surface area contributed by atoms with Gasteiger partial charge in [-0.15, -0.1) is 0 Å². The lowest BCUT2D eigenvalue weighted by Gasteiger charge is -2.13. The van der Waals surface area contributed by atoms with Crippen LogP contribution in [0.4, 0.5) is 4.39 Å². The molecule has 0 N–H and O–H groups in total. The molecule has 0 aromatic carbocycles. The van der Waals surface area contributed by atoms with Crippen LogP contribution in [0.5, 0.6) is 0 Å². The first-order valence-corrected chi connectivity index (χ1v) is 4.37. The fraction of sp³-hybridized carbons (Fsp3) is 0.556. The standard InChI is InChI=1S/C9H13FN2O/c1-3-8(13-4-2)7-5-11-9(10)12-6-7/h5-6,8H,3-4H2,1-2H3. The maximum Gasteiger partial charge on any atom is 0.308 e. The van der Waals surface area contributed by atoms with E-state index in [2.05, 4.69) is 9.97 Å². The summed E-state index contributed by atoms with van der Waals surface area (Å²) in [6.45, 7) is 4.56. The van der Waals surface area contributed by atoms with E-state index < -0.39 is 6.08 Å². The molecule has 1 unspecified atom stereocenters. The number of rotatable bonds is 4. The molecule has 1 rings (SSSR count). The largest absolute Gasteiger partial charge is 0.374 e. The summed E-state index contributed by atoms with van der Waals surface area (Å²) in [6.07, 6.45) is 3.04. The van der Waals surface area contributed by atoms with E-state index in [9.17, 15) is 4.39 Å². The Morgan fingerprint density at radius 2 is 2.00 bits per heavy atom. The minimum Gasteiger partial charge on any atom is -0.374 e. The third kappa shape index (κ3) is 2.73. The molecule has 0 saturated carbocycles. The molecule has 0 amide bonds. The SMILES string of the molecule is CCOC(CC)c1cnc(F)nc1. The summed E-state index contributed by atoms with van der Waals surface area (Å²) in [5.41, 5.74) is 0.825. The van der Waals surface area contributed by atoms with E-state index in [0.29, 0.717) is 6.61 Å². The number of nitrogens with zero attached hydrogens (tertiary/aromatic N) is 2. The van der Waals surface area contributed by atoms with Crippen LogP contribution in [0.25, 0.3) is 0 Å². The van der Waals surface area contributed by atoms with Gasteiger partial charge in [-0.1, -0.05) is 6.92 Å². The quantitative estimate of drug-likeness (QED) is 0.672. The lowest BCUT2D eigenvalue weighted by molar-refractivity contribution is 0.0592. The average Bonchev–Trinajstić information content (AvgIpc) is 2.16. The molecule has 1 aromatic heterocycles. The second kappa shape index (κ2) is 4.87. The molecule has 1 atom stereocenters. The monoisotopic (exact) mass is 184 g/mol. The summed E-state index contributed by atoms with van der Waals surface area (Å²) in [4.78, 5) is 6.94. The van der Waals surface area contributed by atoms with Crippen LogP contribution >= 0.6 is 0 Å². The fourth-order valence-corrected chi connectivity index (χ4v) is 1.14. The first kappa shape index (κ1) is 10.1. The molecule has 0 radical (unpaired) electrons. The van der Waals surface area contributed by atoms with Crippen LogP contribution in [0.1, 0.15) is 31.9 Å². The van der Waals surface area contributed by atoms with Gasteiger partial charge in [0.15, 0.2) is 0 Å². The van der Waals surface area contributed by atoms with Crippen molar-refractivity contribution in [2.75, 3.05) is 6.61 Å². The smallest absolute Gasteiger partial charge is 0.308 e. The van der Waals surface area contributed by atoms with Gasteiger partial charge in [-0.2, -0.15) is 4.39 Å². The van der Waals surface area contributed by atoms with Gasteiger partial charge in [-0.3, -0.25) is 0 Å². The van der Waals surface area contributed by atoms with Crippen LogP contribution in [0.15, 0.2) is 12.4 Å². The van der Waals surface area contributed by atoms with E-state index in [-0.39, 0.29) is 6.10 Å². The normalized spacial score (nSPS) is 12.8. The highest BCUT2D eigenvalue weighted by Crippen LogP contribution is 2.18. The second-order valence-corrected chi connectivity index (χ2v) is 2.64. The van der Waals surface area contributed by atoms with Crippen molar-refractivity contribution in [2.45, 2.75) is 26.4 Å². The van der Waals surface area contributed by atoms with Crippen molar-refractivity contribution in [1.82, 2.24) is 9.97 Å². The molecular formula is C9H13FN2O. The molecular weight excluding hydrogens is 171 g/mol. The van der Waals surface area contributed by atoms with E-state index in [1.807, 2.05) is 13.8 Å². The lowest BCUT2D eigenvalue weighted by Crippen LogP contribution is -2.04. The van der Waals surface area contributed by atoms with Gasteiger partial charge in [0.25, 0.3) is 0 Å². The number of hydrogen-bond acceptors (Lipinski definition) is 3. The van der Waals surface area contributed by atoms with Crippen molar-refractivity contribution in [3.63, 3.8) is 0 Å². The van der Waals surface area contributed by atoms with Crippen LogP contribution in [0, 0.1) is 6.08 Å². The summed E-state index contributed by atoms with van der Waals surface area (Å²) in [7, 11) is 0. The second-order valence-electron chi connectivity index (χ2n) is 2.64. The Hall–Kier alpha value is -1.03. The zero-order valence-corrected chi connectivity index (χ0v) is 7.83. The zero-order valence-electron chi connectivity index (χ0n) is 7.83. The van der Waals surface area contributed by atoms with Gasteiger partial charge >= 0.3 is 6.08 Å². The van der Waals surface area contributed by atoms with Crippen molar-refractivity contribution in [3.8, 4) is 0 Å². The third-order valence-electron chi connectivity index (χ3n) is 1.75. The van der Waals surface area contributed by atoms with Crippen LogP contribution in [-0.4, -0.2) is 16.6 Å². The Morgan fingerprint density at radius 1 is 1.38 bits per heavy atom. The predicted octanol–water partition coefficient (Wildman–Crippen LogP) is 2.10. The minimum atomic E-state index is -0.699. The van der Waals surface area contributed by atoms with Gasteiger partial charge in [-0.25, -0.2) is 9.97 Å². The van der Waals surface area contributed by atoms with Gasteiger partial charge in [0, 0.05) is 24.6 Å². The van der Waals surface area contributed by atoms with Crippen molar-refractivity contribution < 1.29 is 9.13 Å². The molecule has 0 aliphatic heterocycles. The first-order chi connectivity index (χ1) is 6.27. The highest BCUT2D eigenvalue weighted by Gasteiger charge is 2.09. The van der Waals surface area contributed by atoms with E-state index in [1.54, 1.807) is 0 Å². The van der Waals surface area contributed by atoms with Crippen LogP contribution in [0.2, 0.25) is 0 Å². The maximum atomic E-state index is 12.4. The summed E-state index contributed by atoms with van der Waals surface area (Å²) >= 11 is 0. The molecule has 0 aliphatic carbocycles. The van der Waals surface area contributed by atoms with Crippen molar-refractivity contribution in [1.29, 1.82) is 0 Å². The number of aromatic nitrogens is 2. The fourth-order valence-electron chi connectivity index (χ4n) is 1.14. The molecule has 0 saturated heterocycles. The Kier molecular flexibility index (Phi) is 3.76. The first-order valence-electron chi connectivity index (χ1n) is 4.37. The average molecular weight is 184 g/mol. The Labute approximate surface area is 77.0 Å². The predicted molar refractivity (Wildman–Crippen MR) is 46.6 cm³/mol. The molecule has 0 spiro atoms. The van der Waals surface area contributed by atoms with E-state index >= 15 is 0 Å². The molecule has 0 bridgehead atoms. The van der Waals surface area contributed by atoms with Gasteiger partial charge in [-0.05, 0) is 13.3 Å². The third-order valence-corrected chi connectivity index (χ3v) is 1.75. The van der Waals surface area contributed by atoms with Gasteiger partial charge in [0.2, 0.25) is 0 Å². The summed E-state index contributed by atoms with van der Waals surface area (Å²) in [6, 6.07) is 0.